The predicted molar refractivity (Wildman–Crippen MR) is 58.7 cm³/mol. The van der Waals surface area contributed by atoms with E-state index in [1.807, 2.05) is 6.92 Å². The molecule has 0 radical (unpaired) electrons. The first kappa shape index (κ1) is 12.3. The molecule has 1 unspecified atom stereocenters. The number of halogens is 1. The number of aryl methyl sites for hydroxylation is 1. The largest absolute Gasteiger partial charge is 0.373 e. The van der Waals surface area contributed by atoms with E-state index in [0.717, 1.165) is 6.42 Å². The van der Waals surface area contributed by atoms with E-state index < -0.39 is 6.10 Å². The minimum atomic E-state index is -0.413. The van der Waals surface area contributed by atoms with Gasteiger partial charge in [-0.2, -0.15) is 0 Å². The first-order chi connectivity index (χ1) is 7.11. The van der Waals surface area contributed by atoms with Gasteiger partial charge in [0, 0.05) is 14.2 Å². The number of rotatable bonds is 5. The second-order valence-electron chi connectivity index (χ2n) is 3.23. The van der Waals surface area contributed by atoms with Crippen molar-refractivity contribution < 1.29 is 9.53 Å². The van der Waals surface area contributed by atoms with Crippen LogP contribution in [-0.4, -0.2) is 34.0 Å². The van der Waals surface area contributed by atoms with Gasteiger partial charge < -0.3 is 4.74 Å². The molecule has 0 aliphatic heterocycles. The highest BCUT2D eigenvalue weighted by atomic mass is 79.9. The predicted octanol–water partition coefficient (Wildman–Crippen LogP) is 1.58. The molecule has 0 bridgehead atoms. The average molecular weight is 276 g/mol. The van der Waals surface area contributed by atoms with Gasteiger partial charge in [0.1, 0.15) is 11.8 Å². The van der Waals surface area contributed by atoms with Crippen molar-refractivity contribution in [2.24, 2.45) is 7.05 Å². The van der Waals surface area contributed by atoms with Gasteiger partial charge in [-0.1, -0.05) is 18.6 Å². The maximum atomic E-state index is 12.0. The van der Waals surface area contributed by atoms with Gasteiger partial charge in [0.15, 0.2) is 4.60 Å². The van der Waals surface area contributed by atoms with Crippen LogP contribution in [0.2, 0.25) is 0 Å². The molecule has 1 aromatic heterocycles. The normalized spacial score (nSPS) is 12.8. The van der Waals surface area contributed by atoms with Gasteiger partial charge in [-0.05, 0) is 22.4 Å². The molecular weight excluding hydrogens is 262 g/mol. The number of Topliss-reactive ketones (excluding diaryl/α,β-unsaturated/α-hetero) is 1. The van der Waals surface area contributed by atoms with Gasteiger partial charge in [-0.3, -0.25) is 4.79 Å². The fraction of sp³-hybridized carbons (Fsp3) is 0.667. The van der Waals surface area contributed by atoms with Crippen LogP contribution in [0.3, 0.4) is 0 Å². The topological polar surface area (TPSA) is 57.0 Å². The number of carbonyl (C=O) groups excluding carboxylic acids is 1. The van der Waals surface area contributed by atoms with Gasteiger partial charge >= 0.3 is 0 Å². The summed E-state index contributed by atoms with van der Waals surface area (Å²) >= 11 is 3.20. The number of aromatic nitrogens is 3. The van der Waals surface area contributed by atoms with Gasteiger partial charge in [-0.25, -0.2) is 4.68 Å². The lowest BCUT2D eigenvalue weighted by atomic mass is 10.1. The molecule has 1 heterocycles. The van der Waals surface area contributed by atoms with Crippen LogP contribution < -0.4 is 0 Å². The highest BCUT2D eigenvalue weighted by Gasteiger charge is 2.24. The van der Waals surface area contributed by atoms with E-state index in [1.54, 1.807) is 7.05 Å². The Morgan fingerprint density at radius 2 is 2.33 bits per heavy atom. The Hall–Kier alpha value is -0.750. The summed E-state index contributed by atoms with van der Waals surface area (Å²) in [5.74, 6) is -0.0845. The molecule has 0 fully saturated rings. The standard InChI is InChI=1S/C9H14BrN3O2/c1-4-5-6(15-3)8(14)7-9(10)11-12-13(7)2/h6H,4-5H2,1-3H3. The lowest BCUT2D eigenvalue weighted by molar-refractivity contribution is 0.0568. The molecular formula is C9H14BrN3O2. The monoisotopic (exact) mass is 275 g/mol. The number of hydrogen-bond acceptors (Lipinski definition) is 4. The van der Waals surface area contributed by atoms with Crippen LogP contribution in [0.1, 0.15) is 30.3 Å². The Labute approximate surface area is 96.9 Å². The lowest BCUT2D eigenvalue weighted by Gasteiger charge is -2.12. The Kier molecular flexibility index (Phi) is 4.41. The van der Waals surface area contributed by atoms with Crippen LogP contribution in [-0.2, 0) is 11.8 Å². The Morgan fingerprint density at radius 3 is 2.73 bits per heavy atom. The van der Waals surface area contributed by atoms with Crippen molar-refractivity contribution in [2.45, 2.75) is 25.9 Å². The molecule has 0 saturated heterocycles. The summed E-state index contributed by atoms with van der Waals surface area (Å²) < 4.78 is 7.07. The maximum absolute atomic E-state index is 12.0. The number of carbonyl (C=O) groups is 1. The van der Waals surface area contributed by atoms with Gasteiger partial charge in [-0.15, -0.1) is 5.10 Å². The first-order valence-corrected chi connectivity index (χ1v) is 5.53. The van der Waals surface area contributed by atoms with Crippen molar-refractivity contribution in [3.8, 4) is 0 Å². The van der Waals surface area contributed by atoms with Gasteiger partial charge in [0.2, 0.25) is 5.78 Å². The summed E-state index contributed by atoms with van der Waals surface area (Å²) in [6, 6.07) is 0. The van der Waals surface area contributed by atoms with Gasteiger partial charge in [0.05, 0.1) is 0 Å². The van der Waals surface area contributed by atoms with Gasteiger partial charge in [0.25, 0.3) is 0 Å². The molecule has 1 aromatic rings. The lowest BCUT2D eigenvalue weighted by Crippen LogP contribution is -2.25. The van der Waals surface area contributed by atoms with Crippen LogP contribution in [0.4, 0.5) is 0 Å². The van der Waals surface area contributed by atoms with Crippen molar-refractivity contribution in [3.63, 3.8) is 0 Å². The van der Waals surface area contributed by atoms with Crippen LogP contribution >= 0.6 is 15.9 Å². The fourth-order valence-electron chi connectivity index (χ4n) is 1.36. The smallest absolute Gasteiger partial charge is 0.212 e. The number of ketones is 1. The maximum Gasteiger partial charge on any atom is 0.212 e. The summed E-state index contributed by atoms with van der Waals surface area (Å²) in [4.78, 5) is 12.0. The first-order valence-electron chi connectivity index (χ1n) is 4.74. The number of methoxy groups -OCH3 is 1. The van der Waals surface area contributed by atoms with Crippen LogP contribution in [0.15, 0.2) is 4.60 Å². The van der Waals surface area contributed by atoms with Crippen molar-refractivity contribution >= 4 is 21.7 Å². The average Bonchev–Trinajstić information content (AvgIpc) is 2.54. The molecule has 0 N–H and O–H groups in total. The molecule has 0 amide bonds. The summed E-state index contributed by atoms with van der Waals surface area (Å²) in [6.07, 6.45) is 1.18. The molecule has 0 spiro atoms. The Balaban J connectivity index is 2.92. The van der Waals surface area contributed by atoms with Crippen LogP contribution in [0.5, 0.6) is 0 Å². The molecule has 0 saturated carbocycles. The third-order valence-corrected chi connectivity index (χ3v) is 2.68. The van der Waals surface area contributed by atoms with E-state index in [4.69, 9.17) is 4.74 Å². The minimum absolute atomic E-state index is 0.0845. The molecule has 0 aliphatic rings. The Bertz CT molecular complexity index is 332. The zero-order chi connectivity index (χ0) is 11.4. The summed E-state index contributed by atoms with van der Waals surface area (Å²) in [7, 11) is 3.22. The molecule has 15 heavy (non-hydrogen) atoms. The molecule has 0 aliphatic carbocycles. The second-order valence-corrected chi connectivity index (χ2v) is 3.98. The quantitative estimate of drug-likeness (QED) is 0.766. The molecule has 6 heteroatoms. The number of hydrogen-bond donors (Lipinski definition) is 0. The van der Waals surface area contributed by atoms with E-state index in [1.165, 1.54) is 11.8 Å². The zero-order valence-corrected chi connectivity index (χ0v) is 10.6. The van der Waals surface area contributed by atoms with Crippen molar-refractivity contribution in [2.75, 3.05) is 7.11 Å². The Morgan fingerprint density at radius 1 is 1.67 bits per heavy atom. The molecule has 1 atom stereocenters. The van der Waals surface area contributed by atoms with Crippen LogP contribution in [0, 0.1) is 0 Å². The van der Waals surface area contributed by atoms with Crippen molar-refractivity contribution in [1.29, 1.82) is 0 Å². The van der Waals surface area contributed by atoms with E-state index in [2.05, 4.69) is 26.2 Å². The van der Waals surface area contributed by atoms with E-state index in [-0.39, 0.29) is 5.78 Å². The number of ether oxygens (including phenoxy) is 1. The molecule has 1 rings (SSSR count). The summed E-state index contributed by atoms with van der Waals surface area (Å²) in [5, 5.41) is 7.52. The second kappa shape index (κ2) is 5.37. The molecule has 0 aromatic carbocycles. The van der Waals surface area contributed by atoms with Crippen molar-refractivity contribution in [1.82, 2.24) is 15.0 Å². The highest BCUT2D eigenvalue weighted by Crippen LogP contribution is 2.16. The molecule has 84 valence electrons. The zero-order valence-electron chi connectivity index (χ0n) is 9.03. The third-order valence-electron chi connectivity index (χ3n) is 2.15. The van der Waals surface area contributed by atoms with E-state index in [9.17, 15) is 4.79 Å². The highest BCUT2D eigenvalue weighted by molar-refractivity contribution is 9.10. The SMILES string of the molecule is CCCC(OC)C(=O)c1c(Br)nnn1C. The third kappa shape index (κ3) is 2.63. The summed E-state index contributed by atoms with van der Waals surface area (Å²) in [5.41, 5.74) is 0.454. The fourth-order valence-corrected chi connectivity index (χ4v) is 1.89. The summed E-state index contributed by atoms with van der Waals surface area (Å²) in [6.45, 7) is 2.01. The minimum Gasteiger partial charge on any atom is -0.373 e. The van der Waals surface area contributed by atoms with E-state index >= 15 is 0 Å². The van der Waals surface area contributed by atoms with Crippen LogP contribution in [0.25, 0.3) is 0 Å². The number of nitrogens with zero attached hydrogens (tertiary/aromatic N) is 3. The molecule has 5 nitrogen and oxygen atoms in total. The van der Waals surface area contributed by atoms with E-state index in [0.29, 0.717) is 16.7 Å². The van der Waals surface area contributed by atoms with Crippen molar-refractivity contribution in [3.05, 3.63) is 10.3 Å².